The molecule has 4 nitrogen and oxygen atoms in total. The van der Waals surface area contributed by atoms with Gasteiger partial charge in [-0.25, -0.2) is 0 Å². The van der Waals surface area contributed by atoms with E-state index in [1.807, 2.05) is 0 Å². The molecule has 2 rings (SSSR count). The third-order valence-electron chi connectivity index (χ3n) is 3.74. The van der Waals surface area contributed by atoms with Crippen molar-refractivity contribution >= 4 is 0 Å². The van der Waals surface area contributed by atoms with E-state index in [0.717, 1.165) is 18.8 Å². The first kappa shape index (κ1) is 10.8. The van der Waals surface area contributed by atoms with Crippen molar-refractivity contribution < 1.29 is 4.74 Å². The number of ether oxygens (including phenoxy) is 1. The highest BCUT2D eigenvalue weighted by Crippen LogP contribution is 2.43. The molecule has 1 saturated heterocycles. The molecule has 3 atom stereocenters. The van der Waals surface area contributed by atoms with Gasteiger partial charge in [-0.15, -0.1) is 0 Å². The average Bonchev–Trinajstić information content (AvgIpc) is 2.58. The molecule has 84 valence electrons. The summed E-state index contributed by atoms with van der Waals surface area (Å²) in [4.78, 5) is 2.79. The van der Waals surface area contributed by atoms with Crippen LogP contribution in [0.25, 0.3) is 10.4 Å². The van der Waals surface area contributed by atoms with Crippen LogP contribution in [0.2, 0.25) is 0 Å². The SMILES string of the molecule is C[C@@H]1CCC[C@]2(CC[C@@H](CN=[N+]=[N-])O2)C1. The number of hydrogen-bond acceptors (Lipinski definition) is 2. The second kappa shape index (κ2) is 4.42. The molecule has 0 N–H and O–H groups in total. The number of nitrogens with zero attached hydrogens (tertiary/aromatic N) is 3. The monoisotopic (exact) mass is 209 g/mol. The summed E-state index contributed by atoms with van der Waals surface area (Å²) in [6.45, 7) is 2.82. The summed E-state index contributed by atoms with van der Waals surface area (Å²) in [7, 11) is 0. The van der Waals surface area contributed by atoms with E-state index in [1.54, 1.807) is 0 Å². The van der Waals surface area contributed by atoms with Crippen LogP contribution in [0.5, 0.6) is 0 Å². The molecule has 4 heteroatoms. The Hall–Kier alpha value is -0.730. The lowest BCUT2D eigenvalue weighted by atomic mass is 9.77. The molecule has 0 aromatic rings. The van der Waals surface area contributed by atoms with Crippen LogP contribution in [0.3, 0.4) is 0 Å². The molecule has 1 aliphatic heterocycles. The Labute approximate surface area is 90.6 Å². The van der Waals surface area contributed by atoms with Gasteiger partial charge >= 0.3 is 0 Å². The van der Waals surface area contributed by atoms with Gasteiger partial charge in [0.05, 0.1) is 18.2 Å². The molecule has 0 unspecified atom stereocenters. The summed E-state index contributed by atoms with van der Waals surface area (Å²) < 4.78 is 6.10. The third-order valence-corrected chi connectivity index (χ3v) is 3.74. The molecule has 0 bridgehead atoms. The van der Waals surface area contributed by atoms with E-state index in [1.165, 1.54) is 25.7 Å². The Morgan fingerprint density at radius 2 is 2.33 bits per heavy atom. The van der Waals surface area contributed by atoms with E-state index < -0.39 is 0 Å². The Kier molecular flexibility index (Phi) is 3.17. The van der Waals surface area contributed by atoms with E-state index in [2.05, 4.69) is 16.9 Å². The summed E-state index contributed by atoms with van der Waals surface area (Å²) in [5.41, 5.74) is 8.41. The fourth-order valence-electron chi connectivity index (χ4n) is 3.10. The lowest BCUT2D eigenvalue weighted by molar-refractivity contribution is -0.0706. The molecule has 0 aromatic carbocycles. The van der Waals surface area contributed by atoms with Crippen LogP contribution in [-0.2, 0) is 4.74 Å². The third kappa shape index (κ3) is 2.44. The van der Waals surface area contributed by atoms with E-state index in [4.69, 9.17) is 10.3 Å². The zero-order chi connectivity index (χ0) is 10.7. The minimum absolute atomic E-state index is 0.132. The summed E-state index contributed by atoms with van der Waals surface area (Å²) in [5, 5.41) is 3.61. The Morgan fingerprint density at radius 1 is 1.47 bits per heavy atom. The van der Waals surface area contributed by atoms with Crippen molar-refractivity contribution in [3.8, 4) is 0 Å². The predicted octanol–water partition coefficient (Wildman–Crippen LogP) is 3.42. The minimum Gasteiger partial charge on any atom is -0.372 e. The predicted molar refractivity (Wildman–Crippen MR) is 58.5 cm³/mol. The second-order valence-corrected chi connectivity index (χ2v) is 5.08. The molecular weight excluding hydrogens is 190 g/mol. The second-order valence-electron chi connectivity index (χ2n) is 5.08. The van der Waals surface area contributed by atoms with E-state index in [0.29, 0.717) is 6.54 Å². The highest BCUT2D eigenvalue weighted by molar-refractivity contribution is 4.93. The van der Waals surface area contributed by atoms with E-state index >= 15 is 0 Å². The van der Waals surface area contributed by atoms with Crippen molar-refractivity contribution in [3.05, 3.63) is 10.4 Å². The lowest BCUT2D eigenvalue weighted by Gasteiger charge is -2.36. The molecule has 1 saturated carbocycles. The highest BCUT2D eigenvalue weighted by Gasteiger charge is 2.42. The summed E-state index contributed by atoms with van der Waals surface area (Å²) in [6, 6.07) is 0. The van der Waals surface area contributed by atoms with Crippen LogP contribution >= 0.6 is 0 Å². The average molecular weight is 209 g/mol. The van der Waals surface area contributed by atoms with Crippen LogP contribution in [0.15, 0.2) is 5.11 Å². The van der Waals surface area contributed by atoms with Gasteiger partial charge in [-0.3, -0.25) is 0 Å². The van der Waals surface area contributed by atoms with Gasteiger partial charge in [-0.2, -0.15) is 0 Å². The first-order valence-electron chi connectivity index (χ1n) is 5.93. The van der Waals surface area contributed by atoms with Crippen molar-refractivity contribution in [2.45, 2.75) is 57.2 Å². The van der Waals surface area contributed by atoms with Crippen molar-refractivity contribution in [1.29, 1.82) is 0 Å². The van der Waals surface area contributed by atoms with E-state index in [9.17, 15) is 0 Å². The van der Waals surface area contributed by atoms with Gasteiger partial charge in [0.1, 0.15) is 0 Å². The molecule has 0 radical (unpaired) electrons. The molecule has 2 aliphatic rings. The van der Waals surface area contributed by atoms with Crippen molar-refractivity contribution in [1.82, 2.24) is 0 Å². The van der Waals surface area contributed by atoms with Gasteiger partial charge in [0.15, 0.2) is 0 Å². The molecule has 1 heterocycles. The maximum absolute atomic E-state index is 8.27. The Morgan fingerprint density at radius 3 is 3.07 bits per heavy atom. The van der Waals surface area contributed by atoms with Crippen molar-refractivity contribution in [2.75, 3.05) is 6.54 Å². The minimum atomic E-state index is 0.132. The first-order valence-corrected chi connectivity index (χ1v) is 5.93. The van der Waals surface area contributed by atoms with Gasteiger partial charge < -0.3 is 4.74 Å². The van der Waals surface area contributed by atoms with Crippen LogP contribution < -0.4 is 0 Å². The fraction of sp³-hybridized carbons (Fsp3) is 1.00. The number of rotatable bonds is 2. The molecule has 1 spiro atoms. The van der Waals surface area contributed by atoms with Crippen LogP contribution in [0.1, 0.15) is 45.4 Å². The Balaban J connectivity index is 1.92. The van der Waals surface area contributed by atoms with Crippen molar-refractivity contribution in [2.24, 2.45) is 11.0 Å². The summed E-state index contributed by atoms with van der Waals surface area (Å²) in [5.74, 6) is 0.789. The van der Waals surface area contributed by atoms with E-state index in [-0.39, 0.29) is 11.7 Å². The van der Waals surface area contributed by atoms with Crippen LogP contribution in [-0.4, -0.2) is 18.2 Å². The topological polar surface area (TPSA) is 58.0 Å². The molecule has 0 amide bonds. The normalized spacial score (nSPS) is 40.3. The molecule has 15 heavy (non-hydrogen) atoms. The van der Waals surface area contributed by atoms with Crippen LogP contribution in [0.4, 0.5) is 0 Å². The quantitative estimate of drug-likeness (QED) is 0.390. The zero-order valence-corrected chi connectivity index (χ0v) is 9.35. The van der Waals surface area contributed by atoms with Gasteiger partial charge in [-0.1, -0.05) is 24.9 Å². The van der Waals surface area contributed by atoms with Crippen molar-refractivity contribution in [3.63, 3.8) is 0 Å². The maximum Gasteiger partial charge on any atom is 0.0689 e. The molecule has 1 aliphatic carbocycles. The summed E-state index contributed by atoms with van der Waals surface area (Å²) >= 11 is 0. The van der Waals surface area contributed by atoms with Gasteiger partial charge in [-0.05, 0) is 37.1 Å². The standard InChI is InChI=1S/C11H19N3O/c1-9-3-2-5-11(7-9)6-4-10(15-11)8-13-14-12/h9-10H,2-8H2,1H3/t9-,10+,11+/m1/s1. The zero-order valence-electron chi connectivity index (χ0n) is 9.35. The Bertz CT molecular complexity index is 275. The largest absolute Gasteiger partial charge is 0.372 e. The summed E-state index contributed by atoms with van der Waals surface area (Å²) in [6.07, 6.45) is 7.41. The maximum atomic E-state index is 8.27. The van der Waals surface area contributed by atoms with Gasteiger partial charge in [0, 0.05) is 4.91 Å². The highest BCUT2D eigenvalue weighted by atomic mass is 16.5. The number of azide groups is 1. The molecule has 0 aromatic heterocycles. The fourth-order valence-corrected chi connectivity index (χ4v) is 3.10. The first-order chi connectivity index (χ1) is 7.24. The number of hydrogen-bond donors (Lipinski definition) is 0. The lowest BCUT2D eigenvalue weighted by Crippen LogP contribution is -2.35. The van der Waals surface area contributed by atoms with Crippen LogP contribution in [0, 0.1) is 5.92 Å². The van der Waals surface area contributed by atoms with Gasteiger partial charge in [0.2, 0.25) is 0 Å². The molecule has 2 fully saturated rings. The smallest absolute Gasteiger partial charge is 0.0689 e. The van der Waals surface area contributed by atoms with Gasteiger partial charge in [0.25, 0.3) is 0 Å². The molecular formula is C11H19N3O.